The van der Waals surface area contributed by atoms with E-state index in [1.807, 2.05) is 62.3 Å². The summed E-state index contributed by atoms with van der Waals surface area (Å²) in [5.41, 5.74) is -0.549. The minimum absolute atomic E-state index is 0.0486. The van der Waals surface area contributed by atoms with E-state index in [0.717, 1.165) is 12.8 Å². The van der Waals surface area contributed by atoms with Crippen molar-refractivity contribution in [1.29, 1.82) is 0 Å². The summed E-state index contributed by atoms with van der Waals surface area (Å²) < 4.78 is 112. The fourth-order valence-electron chi connectivity index (χ4n) is 5.17. The number of ether oxygens (including phenoxy) is 2. The Morgan fingerprint density at radius 2 is 1.28 bits per heavy atom. The molecule has 15 heteroatoms. The molecular weight excluding hydrogens is 680 g/mol. The third-order valence-corrected chi connectivity index (χ3v) is 18.8. The summed E-state index contributed by atoms with van der Waals surface area (Å²) in [6.45, 7) is 20.6. The quantitative estimate of drug-likeness (QED) is 0.313. The van der Waals surface area contributed by atoms with E-state index in [1.54, 1.807) is 0 Å². The third-order valence-electron chi connectivity index (χ3n) is 8.24. The van der Waals surface area contributed by atoms with Gasteiger partial charge < -0.3 is 9.47 Å². The Bertz CT molecular complexity index is 1280. The van der Waals surface area contributed by atoms with E-state index in [0.29, 0.717) is 50.1 Å². The molecular formula is C31H63FO10S4. The van der Waals surface area contributed by atoms with Crippen LogP contribution in [0.15, 0.2) is 0 Å². The topological polar surface area (TPSA) is 155 Å². The number of sulfone groups is 4. The molecule has 2 unspecified atom stereocenters. The highest BCUT2D eigenvalue weighted by atomic mass is 32.2. The molecule has 278 valence electrons. The summed E-state index contributed by atoms with van der Waals surface area (Å²) >= 11 is 0. The van der Waals surface area contributed by atoms with Gasteiger partial charge in [0.05, 0.1) is 44.4 Å². The molecule has 0 spiro atoms. The minimum atomic E-state index is -3.28. The standard InChI is InChI=1S/C10H20O3S.C8H17FO2S.C7H14O2S.C6H12O3S/c1-9(2)8-14(11,12)10(3)4-6-13-7-5-10;1-7(2)5-12(10,11)8(3,4)6-9;1-6(2)7-4-3-5-10(7,8)9;1-5(2)6-9-3-4-10(6,7)8/h9H,4-8H2,1-3H3;7H,5-6H2,1-4H3;6-7H,3-5H2,1-2H3;5-6H,3-4H2,1-2H3. The van der Waals surface area contributed by atoms with E-state index in [-0.39, 0.29) is 34.5 Å². The van der Waals surface area contributed by atoms with Gasteiger partial charge in [0.1, 0.15) is 6.67 Å². The lowest BCUT2D eigenvalue weighted by Gasteiger charge is -2.33. The molecule has 0 aromatic heterocycles. The van der Waals surface area contributed by atoms with Crippen LogP contribution in [0, 0.1) is 23.7 Å². The molecule has 46 heavy (non-hydrogen) atoms. The van der Waals surface area contributed by atoms with Crippen LogP contribution in [0.2, 0.25) is 0 Å². The SMILES string of the molecule is CC(C)C1CCCS1(=O)=O.CC(C)C1OCCS1(=O)=O.CC(C)CS(=O)(=O)C(C)(C)CF.CC(C)CS(=O)(=O)C1(C)CCOCC1. The molecule has 0 saturated carbocycles. The predicted molar refractivity (Wildman–Crippen MR) is 186 cm³/mol. The van der Waals surface area contributed by atoms with E-state index in [2.05, 4.69) is 0 Å². The van der Waals surface area contributed by atoms with Crippen LogP contribution in [0.4, 0.5) is 4.39 Å². The van der Waals surface area contributed by atoms with E-state index >= 15 is 0 Å². The van der Waals surface area contributed by atoms with E-state index < -0.39 is 61.0 Å². The zero-order valence-corrected chi connectivity index (χ0v) is 33.3. The lowest BCUT2D eigenvalue weighted by Crippen LogP contribution is -2.43. The van der Waals surface area contributed by atoms with Crippen LogP contribution in [-0.4, -0.2) is 103 Å². The predicted octanol–water partition coefficient (Wildman–Crippen LogP) is 5.06. The number of rotatable bonds is 9. The van der Waals surface area contributed by atoms with E-state index in [1.165, 1.54) is 13.8 Å². The lowest BCUT2D eigenvalue weighted by atomic mass is 10.0. The number of alkyl halides is 1. The van der Waals surface area contributed by atoms with Crippen molar-refractivity contribution in [3.05, 3.63) is 0 Å². The van der Waals surface area contributed by atoms with Gasteiger partial charge in [-0.3, -0.25) is 0 Å². The van der Waals surface area contributed by atoms with Crippen LogP contribution >= 0.6 is 0 Å². The first kappa shape index (κ1) is 45.6. The number of hydrogen-bond donors (Lipinski definition) is 0. The van der Waals surface area contributed by atoms with Crippen LogP contribution in [0.3, 0.4) is 0 Å². The maximum Gasteiger partial charge on any atom is 0.179 e. The maximum absolute atomic E-state index is 12.3. The maximum atomic E-state index is 12.3. The number of hydrogen-bond acceptors (Lipinski definition) is 10. The smallest absolute Gasteiger partial charge is 0.179 e. The fraction of sp³-hybridized carbons (Fsp3) is 1.00. The highest BCUT2D eigenvalue weighted by Crippen LogP contribution is 2.31. The highest BCUT2D eigenvalue weighted by Gasteiger charge is 2.40. The van der Waals surface area contributed by atoms with Crippen LogP contribution in [0.5, 0.6) is 0 Å². The zero-order chi connectivity index (χ0) is 36.4. The molecule has 0 radical (unpaired) electrons. The molecule has 0 aliphatic carbocycles. The van der Waals surface area contributed by atoms with Crippen molar-refractivity contribution in [2.75, 3.05) is 49.5 Å². The van der Waals surface area contributed by atoms with Crippen LogP contribution < -0.4 is 0 Å². The molecule has 0 N–H and O–H groups in total. The third kappa shape index (κ3) is 14.2. The Kier molecular flexibility index (Phi) is 18.4. The van der Waals surface area contributed by atoms with Gasteiger partial charge in [-0.05, 0) is 70.1 Å². The Balaban J connectivity index is 0.000000592. The molecule has 2 atom stereocenters. The van der Waals surface area contributed by atoms with Gasteiger partial charge in [0.25, 0.3) is 0 Å². The number of halogens is 1. The second kappa shape index (κ2) is 18.6. The molecule has 0 aromatic rings. The molecule has 3 aliphatic rings. The van der Waals surface area contributed by atoms with Crippen molar-refractivity contribution in [3.8, 4) is 0 Å². The highest BCUT2D eigenvalue weighted by molar-refractivity contribution is 7.93. The monoisotopic (exact) mass is 742 g/mol. The van der Waals surface area contributed by atoms with Gasteiger partial charge in [0.15, 0.2) is 44.8 Å². The Morgan fingerprint density at radius 1 is 0.783 bits per heavy atom. The zero-order valence-electron chi connectivity index (χ0n) is 30.0. The first-order chi connectivity index (χ1) is 20.7. The summed E-state index contributed by atoms with van der Waals surface area (Å²) in [5, 5.41) is -0.0486. The molecule has 3 aliphatic heterocycles. The summed E-state index contributed by atoms with van der Waals surface area (Å²) in [5.74, 6) is 1.60. The fourth-order valence-corrected chi connectivity index (χ4v) is 12.7. The summed E-state index contributed by atoms with van der Waals surface area (Å²) in [6.07, 6.45) is 3.02. The molecule has 10 nitrogen and oxygen atoms in total. The van der Waals surface area contributed by atoms with Gasteiger partial charge in [-0.25, -0.2) is 38.1 Å². The van der Waals surface area contributed by atoms with E-state index in [9.17, 15) is 38.1 Å². The van der Waals surface area contributed by atoms with Crippen molar-refractivity contribution in [3.63, 3.8) is 0 Å². The summed E-state index contributed by atoms with van der Waals surface area (Å²) in [7, 11) is -11.8. The van der Waals surface area contributed by atoms with Gasteiger partial charge >= 0.3 is 0 Å². The molecule has 3 fully saturated rings. The van der Waals surface area contributed by atoms with Crippen molar-refractivity contribution >= 4 is 39.3 Å². The van der Waals surface area contributed by atoms with Crippen LogP contribution in [0.25, 0.3) is 0 Å². The van der Waals surface area contributed by atoms with Gasteiger partial charge in [0.2, 0.25) is 0 Å². The molecule has 3 saturated heterocycles. The van der Waals surface area contributed by atoms with Crippen molar-refractivity contribution in [2.45, 2.75) is 122 Å². The Morgan fingerprint density at radius 3 is 1.57 bits per heavy atom. The summed E-state index contributed by atoms with van der Waals surface area (Å²) in [6, 6.07) is 0. The first-order valence-corrected chi connectivity index (χ1v) is 23.0. The van der Waals surface area contributed by atoms with Gasteiger partial charge in [0, 0.05) is 13.2 Å². The first-order valence-electron chi connectivity index (χ1n) is 16.3. The minimum Gasteiger partial charge on any atom is -0.381 e. The average Bonchev–Trinajstić information content (AvgIpc) is 3.44. The molecule has 3 heterocycles. The molecule has 3 rings (SSSR count). The lowest BCUT2D eigenvalue weighted by molar-refractivity contribution is 0.0788. The average molecular weight is 743 g/mol. The van der Waals surface area contributed by atoms with Crippen LogP contribution in [-0.2, 0) is 48.8 Å². The van der Waals surface area contributed by atoms with Crippen molar-refractivity contribution < 1.29 is 47.5 Å². The second-order valence-corrected chi connectivity index (χ2v) is 24.7. The van der Waals surface area contributed by atoms with Gasteiger partial charge in [-0.15, -0.1) is 0 Å². The van der Waals surface area contributed by atoms with Crippen molar-refractivity contribution in [2.24, 2.45) is 23.7 Å². The largest absolute Gasteiger partial charge is 0.381 e. The van der Waals surface area contributed by atoms with Crippen molar-refractivity contribution in [1.82, 2.24) is 0 Å². The molecule has 0 amide bonds. The summed E-state index contributed by atoms with van der Waals surface area (Å²) in [4.78, 5) is 0. The molecule has 0 aromatic carbocycles. The second-order valence-electron chi connectivity index (χ2n) is 14.9. The van der Waals surface area contributed by atoms with E-state index in [4.69, 9.17) is 9.47 Å². The van der Waals surface area contributed by atoms with Gasteiger partial charge in [-0.1, -0.05) is 55.4 Å². The Hall–Kier alpha value is -0.350. The van der Waals surface area contributed by atoms with Gasteiger partial charge in [-0.2, -0.15) is 0 Å². The molecule has 0 bridgehead atoms. The normalized spacial score (nSPS) is 24.1. The Labute approximate surface area is 281 Å². The van der Waals surface area contributed by atoms with Crippen LogP contribution in [0.1, 0.15) is 102 Å².